The number of nitrogens with one attached hydrogen (secondary N) is 1. The molecule has 0 spiro atoms. The minimum absolute atomic E-state index is 0.161. The number of carbonyl (C=O) groups is 1. The molecule has 1 amide bonds. The Morgan fingerprint density at radius 3 is 2.21 bits per heavy atom. The van der Waals surface area contributed by atoms with Gasteiger partial charge in [-0.1, -0.05) is 0 Å². The summed E-state index contributed by atoms with van der Waals surface area (Å²) in [7, 11) is -0.537. The molecule has 0 aromatic heterocycles. The fourth-order valence-electron chi connectivity index (χ4n) is 1.80. The summed E-state index contributed by atoms with van der Waals surface area (Å²) in [4.78, 5) is 12.0. The molecule has 0 saturated heterocycles. The number of nitrogens with zero attached hydrogens (tertiary/aromatic N) is 1. The second kappa shape index (κ2) is 7.95. The van der Waals surface area contributed by atoms with E-state index in [1.54, 1.807) is 12.1 Å². The largest absolute Gasteiger partial charge is 0.484 e. The Morgan fingerprint density at radius 1 is 1.08 bits per heavy atom. The van der Waals surface area contributed by atoms with Crippen molar-refractivity contribution in [3.63, 3.8) is 0 Å². The standard InChI is InChI=1S/C16H17IN2O4S/c1-19(2)24(21,22)15-9-7-14(8-10-15)23-11-16(20)18-13-5-3-12(17)4-6-13/h3-10H,11H2,1-2H3,(H,18,20). The van der Waals surface area contributed by atoms with E-state index in [1.807, 2.05) is 12.1 Å². The van der Waals surface area contributed by atoms with Gasteiger partial charge < -0.3 is 10.1 Å². The number of anilines is 1. The van der Waals surface area contributed by atoms with Crippen molar-refractivity contribution in [2.24, 2.45) is 0 Å². The number of hydrogen-bond donors (Lipinski definition) is 1. The lowest BCUT2D eigenvalue weighted by atomic mass is 10.3. The van der Waals surface area contributed by atoms with Crippen LogP contribution in [0.3, 0.4) is 0 Å². The predicted molar refractivity (Wildman–Crippen MR) is 101 cm³/mol. The van der Waals surface area contributed by atoms with Crippen LogP contribution < -0.4 is 10.1 Å². The van der Waals surface area contributed by atoms with Gasteiger partial charge in [0, 0.05) is 23.4 Å². The van der Waals surface area contributed by atoms with Gasteiger partial charge in [0.1, 0.15) is 5.75 Å². The molecule has 0 saturated carbocycles. The molecule has 2 rings (SSSR count). The van der Waals surface area contributed by atoms with Crippen LogP contribution in [0.2, 0.25) is 0 Å². The molecule has 2 aromatic carbocycles. The number of amides is 1. The first-order valence-corrected chi connectivity index (χ1v) is 9.52. The van der Waals surface area contributed by atoms with E-state index in [-0.39, 0.29) is 17.4 Å². The normalized spacial score (nSPS) is 11.3. The summed E-state index contributed by atoms with van der Waals surface area (Å²) in [5.41, 5.74) is 0.691. The molecule has 0 atom stereocenters. The summed E-state index contributed by atoms with van der Waals surface area (Å²) in [5, 5.41) is 2.72. The number of benzene rings is 2. The molecule has 8 heteroatoms. The van der Waals surface area contributed by atoms with Crippen LogP contribution >= 0.6 is 22.6 Å². The van der Waals surface area contributed by atoms with Crippen LogP contribution in [0.15, 0.2) is 53.4 Å². The molecule has 128 valence electrons. The first-order valence-electron chi connectivity index (χ1n) is 7.00. The molecule has 0 unspecified atom stereocenters. The number of carbonyl (C=O) groups excluding carboxylic acids is 1. The summed E-state index contributed by atoms with van der Waals surface area (Å²) in [6.07, 6.45) is 0. The van der Waals surface area contributed by atoms with Crippen LogP contribution in [0.25, 0.3) is 0 Å². The molecule has 0 heterocycles. The van der Waals surface area contributed by atoms with Crippen molar-refractivity contribution < 1.29 is 17.9 Å². The zero-order valence-corrected chi connectivity index (χ0v) is 16.2. The van der Waals surface area contributed by atoms with Crippen LogP contribution in [0, 0.1) is 3.57 Å². The van der Waals surface area contributed by atoms with Crippen molar-refractivity contribution >= 4 is 44.2 Å². The summed E-state index contributed by atoms with van der Waals surface area (Å²) >= 11 is 2.18. The number of rotatable bonds is 6. The Morgan fingerprint density at radius 2 is 1.67 bits per heavy atom. The summed E-state index contributed by atoms with van der Waals surface area (Å²) in [5.74, 6) is 0.131. The molecule has 0 fully saturated rings. The Kier molecular flexibility index (Phi) is 6.19. The van der Waals surface area contributed by atoms with Crippen molar-refractivity contribution in [2.45, 2.75) is 4.90 Å². The molecule has 0 aliphatic heterocycles. The summed E-state index contributed by atoms with van der Waals surface area (Å²) in [6, 6.07) is 13.3. The van der Waals surface area contributed by atoms with Crippen LogP contribution in [0.4, 0.5) is 5.69 Å². The molecular weight excluding hydrogens is 443 g/mol. The van der Waals surface area contributed by atoms with E-state index in [1.165, 1.54) is 38.4 Å². The van der Waals surface area contributed by atoms with Crippen molar-refractivity contribution in [3.8, 4) is 5.75 Å². The van der Waals surface area contributed by atoms with Gasteiger partial charge in [-0.3, -0.25) is 4.79 Å². The molecule has 0 aliphatic carbocycles. The highest BCUT2D eigenvalue weighted by atomic mass is 127. The number of hydrogen-bond acceptors (Lipinski definition) is 4. The lowest BCUT2D eigenvalue weighted by molar-refractivity contribution is -0.118. The highest BCUT2D eigenvalue weighted by Gasteiger charge is 2.16. The molecule has 0 radical (unpaired) electrons. The average molecular weight is 460 g/mol. The maximum Gasteiger partial charge on any atom is 0.262 e. The van der Waals surface area contributed by atoms with Crippen molar-refractivity contribution in [2.75, 3.05) is 26.0 Å². The second-order valence-corrected chi connectivity index (χ2v) is 8.50. The van der Waals surface area contributed by atoms with E-state index in [9.17, 15) is 13.2 Å². The maximum absolute atomic E-state index is 12.0. The van der Waals surface area contributed by atoms with E-state index in [0.29, 0.717) is 11.4 Å². The second-order valence-electron chi connectivity index (χ2n) is 5.10. The Bertz CT molecular complexity index is 803. The quantitative estimate of drug-likeness (QED) is 0.673. The fraction of sp³-hybridized carbons (Fsp3) is 0.188. The van der Waals surface area contributed by atoms with E-state index < -0.39 is 10.0 Å². The van der Waals surface area contributed by atoms with E-state index in [0.717, 1.165) is 7.88 Å². The molecule has 0 aliphatic rings. The van der Waals surface area contributed by atoms with E-state index in [4.69, 9.17) is 4.74 Å². The van der Waals surface area contributed by atoms with Gasteiger partial charge in [0.05, 0.1) is 4.90 Å². The van der Waals surface area contributed by atoms with Crippen LogP contribution in [-0.2, 0) is 14.8 Å². The smallest absolute Gasteiger partial charge is 0.262 e. The van der Waals surface area contributed by atoms with Crippen LogP contribution in [0.1, 0.15) is 0 Å². The monoisotopic (exact) mass is 460 g/mol. The lowest BCUT2D eigenvalue weighted by Gasteiger charge is -2.12. The minimum Gasteiger partial charge on any atom is -0.484 e. The van der Waals surface area contributed by atoms with Crippen LogP contribution in [0.5, 0.6) is 5.75 Å². The zero-order chi connectivity index (χ0) is 17.7. The number of sulfonamides is 1. The molecule has 0 bridgehead atoms. The zero-order valence-electron chi connectivity index (χ0n) is 13.2. The van der Waals surface area contributed by atoms with Gasteiger partial charge in [0.25, 0.3) is 5.91 Å². The van der Waals surface area contributed by atoms with Gasteiger partial charge in [0.15, 0.2) is 6.61 Å². The van der Waals surface area contributed by atoms with Gasteiger partial charge in [-0.2, -0.15) is 0 Å². The minimum atomic E-state index is -3.47. The third kappa shape index (κ3) is 4.92. The third-order valence-electron chi connectivity index (χ3n) is 3.10. The van der Waals surface area contributed by atoms with Gasteiger partial charge >= 0.3 is 0 Å². The van der Waals surface area contributed by atoms with Crippen molar-refractivity contribution in [1.82, 2.24) is 4.31 Å². The fourth-order valence-corrected chi connectivity index (χ4v) is 3.06. The summed E-state index contributed by atoms with van der Waals surface area (Å²) in [6.45, 7) is -0.161. The lowest BCUT2D eigenvalue weighted by Crippen LogP contribution is -2.22. The Balaban J connectivity index is 1.92. The van der Waals surface area contributed by atoms with Gasteiger partial charge in [-0.05, 0) is 71.1 Å². The van der Waals surface area contributed by atoms with Crippen LogP contribution in [-0.4, -0.2) is 39.3 Å². The first kappa shape index (κ1) is 18.7. The number of halogens is 1. The highest BCUT2D eigenvalue weighted by Crippen LogP contribution is 2.18. The predicted octanol–water partition coefficient (Wildman–Crippen LogP) is 2.56. The highest BCUT2D eigenvalue weighted by molar-refractivity contribution is 14.1. The SMILES string of the molecule is CN(C)S(=O)(=O)c1ccc(OCC(=O)Nc2ccc(I)cc2)cc1. The Hall–Kier alpha value is -1.65. The van der Waals surface area contributed by atoms with Gasteiger partial charge in [-0.15, -0.1) is 0 Å². The molecule has 6 nitrogen and oxygen atoms in total. The topological polar surface area (TPSA) is 75.7 Å². The third-order valence-corrected chi connectivity index (χ3v) is 5.65. The first-order chi connectivity index (χ1) is 11.3. The molecule has 2 aromatic rings. The van der Waals surface area contributed by atoms with Crippen molar-refractivity contribution in [3.05, 3.63) is 52.1 Å². The van der Waals surface area contributed by atoms with Gasteiger partial charge in [0.2, 0.25) is 10.0 Å². The average Bonchev–Trinajstić information content (AvgIpc) is 2.55. The van der Waals surface area contributed by atoms with E-state index in [2.05, 4.69) is 27.9 Å². The van der Waals surface area contributed by atoms with Crippen molar-refractivity contribution in [1.29, 1.82) is 0 Å². The molecular formula is C16H17IN2O4S. The number of ether oxygens (including phenoxy) is 1. The van der Waals surface area contributed by atoms with E-state index >= 15 is 0 Å². The summed E-state index contributed by atoms with van der Waals surface area (Å²) < 4.78 is 31.5. The molecule has 24 heavy (non-hydrogen) atoms. The van der Waals surface area contributed by atoms with Gasteiger partial charge in [-0.25, -0.2) is 12.7 Å². The molecule has 1 N–H and O–H groups in total. The Labute approximate surface area is 155 Å². The maximum atomic E-state index is 12.0.